The molecule has 0 aliphatic rings. The molecule has 148 valence electrons. The second-order valence-electron chi connectivity index (χ2n) is 6.53. The molecule has 0 amide bonds. The Bertz CT molecular complexity index is 686. The molecule has 0 aromatic heterocycles. The summed E-state index contributed by atoms with van der Waals surface area (Å²) in [5.41, 5.74) is 1.73. The van der Waals surface area contributed by atoms with Gasteiger partial charge in [0.05, 0.1) is 13.7 Å². The molecule has 6 heteroatoms. The van der Waals surface area contributed by atoms with Crippen molar-refractivity contribution in [3.05, 3.63) is 41.5 Å². The first-order valence-corrected chi connectivity index (χ1v) is 8.88. The Kier molecular flexibility index (Phi) is 9.72. The van der Waals surface area contributed by atoms with Gasteiger partial charge in [0.25, 0.3) is 0 Å². The maximum absolute atomic E-state index is 12.0. The third-order valence-electron chi connectivity index (χ3n) is 3.86. The molecule has 0 fully saturated rings. The molecule has 1 unspecified atom stereocenters. The fourth-order valence-electron chi connectivity index (χ4n) is 2.29. The molecule has 1 aromatic rings. The van der Waals surface area contributed by atoms with Crippen LogP contribution in [0.3, 0.4) is 0 Å². The highest BCUT2D eigenvalue weighted by atomic mass is 16.7. The molecule has 0 aliphatic heterocycles. The molecule has 0 saturated carbocycles. The van der Waals surface area contributed by atoms with Crippen LogP contribution in [0.25, 0.3) is 6.08 Å². The van der Waals surface area contributed by atoms with Crippen LogP contribution in [0.4, 0.5) is 4.79 Å². The number of carbonyl (C=O) groups excluding carboxylic acids is 1. The monoisotopic (exact) mass is 376 g/mol. The fraction of sp³-hybridized carbons (Fsp3) is 0.429. The highest BCUT2D eigenvalue weighted by Crippen LogP contribution is 2.26. The van der Waals surface area contributed by atoms with E-state index < -0.39 is 12.1 Å². The van der Waals surface area contributed by atoms with E-state index in [0.717, 1.165) is 25.3 Å². The largest absolute Gasteiger partial charge is 0.513 e. The van der Waals surface area contributed by atoms with Gasteiger partial charge in [-0.15, -0.1) is 0 Å². The summed E-state index contributed by atoms with van der Waals surface area (Å²) in [6, 6.07) is 4.75. The van der Waals surface area contributed by atoms with E-state index in [4.69, 9.17) is 19.3 Å². The number of hydrogen-bond acceptors (Lipinski definition) is 5. The Balaban J connectivity index is 2.57. The van der Waals surface area contributed by atoms with Gasteiger partial charge in [-0.05, 0) is 57.2 Å². The molecule has 1 N–H and O–H groups in total. The van der Waals surface area contributed by atoms with Crippen LogP contribution in [-0.2, 0) is 9.53 Å². The van der Waals surface area contributed by atoms with E-state index in [0.29, 0.717) is 17.2 Å². The average Bonchev–Trinajstić information content (AvgIpc) is 2.60. The smallest absolute Gasteiger partial charge is 0.497 e. The van der Waals surface area contributed by atoms with Crippen molar-refractivity contribution >= 4 is 18.2 Å². The average molecular weight is 376 g/mol. The molecule has 6 nitrogen and oxygen atoms in total. The van der Waals surface area contributed by atoms with Crippen LogP contribution >= 0.6 is 0 Å². The molecule has 0 radical (unpaired) electrons. The molecular formula is C21H28O6. The normalized spacial score (nSPS) is 11.7. The lowest BCUT2D eigenvalue weighted by Gasteiger charge is -2.12. The zero-order chi connectivity index (χ0) is 20.2. The van der Waals surface area contributed by atoms with E-state index >= 15 is 0 Å². The SMILES string of the molecule is COc1ccc(C=CC(=O)O)c(OC(=O)OCCC(C)CCC=C(C)C)c1. The standard InChI is InChI=1S/C21H28O6/c1-15(2)6-5-7-16(3)12-13-26-21(24)27-19-14-18(25-4)10-8-17(19)9-11-20(22)23/h6,8-11,14,16H,5,7,12-13H2,1-4H3,(H,22,23). The number of rotatable bonds is 10. The van der Waals surface area contributed by atoms with Crippen molar-refractivity contribution < 1.29 is 28.9 Å². The molecule has 0 bridgehead atoms. The van der Waals surface area contributed by atoms with Gasteiger partial charge in [0, 0.05) is 17.7 Å². The number of methoxy groups -OCH3 is 1. The van der Waals surface area contributed by atoms with Crippen molar-refractivity contribution in [1.29, 1.82) is 0 Å². The minimum atomic E-state index is -1.10. The Morgan fingerprint density at radius 3 is 2.59 bits per heavy atom. The molecule has 0 aliphatic carbocycles. The molecule has 1 rings (SSSR count). The van der Waals surface area contributed by atoms with E-state index in [9.17, 15) is 9.59 Å². The minimum absolute atomic E-state index is 0.174. The summed E-state index contributed by atoms with van der Waals surface area (Å²) in [7, 11) is 1.49. The number of carbonyl (C=O) groups is 2. The third-order valence-corrected chi connectivity index (χ3v) is 3.86. The van der Waals surface area contributed by atoms with Crippen LogP contribution in [0.2, 0.25) is 0 Å². The van der Waals surface area contributed by atoms with Crippen molar-refractivity contribution in [2.24, 2.45) is 5.92 Å². The van der Waals surface area contributed by atoms with Gasteiger partial charge in [-0.3, -0.25) is 0 Å². The molecule has 1 aromatic carbocycles. The number of allylic oxidation sites excluding steroid dienone is 2. The van der Waals surface area contributed by atoms with Crippen LogP contribution < -0.4 is 9.47 Å². The van der Waals surface area contributed by atoms with Crippen LogP contribution in [0.15, 0.2) is 35.9 Å². The van der Waals surface area contributed by atoms with Crippen LogP contribution in [0.1, 0.15) is 45.6 Å². The molecule has 0 heterocycles. The summed E-state index contributed by atoms with van der Waals surface area (Å²) < 4.78 is 15.5. The van der Waals surface area contributed by atoms with Crippen LogP contribution in [0, 0.1) is 5.92 Å². The zero-order valence-corrected chi connectivity index (χ0v) is 16.4. The van der Waals surface area contributed by atoms with Gasteiger partial charge >= 0.3 is 12.1 Å². The number of hydrogen-bond donors (Lipinski definition) is 1. The highest BCUT2D eigenvalue weighted by Gasteiger charge is 2.12. The first-order valence-electron chi connectivity index (χ1n) is 8.88. The number of carboxylic acids is 1. The van der Waals surface area contributed by atoms with Gasteiger partial charge in [0.15, 0.2) is 0 Å². The van der Waals surface area contributed by atoms with E-state index in [1.54, 1.807) is 12.1 Å². The lowest BCUT2D eigenvalue weighted by Crippen LogP contribution is -2.13. The van der Waals surface area contributed by atoms with Gasteiger partial charge in [-0.2, -0.15) is 0 Å². The van der Waals surface area contributed by atoms with E-state index in [2.05, 4.69) is 26.8 Å². The third kappa shape index (κ3) is 9.49. The Morgan fingerprint density at radius 2 is 1.96 bits per heavy atom. The highest BCUT2D eigenvalue weighted by molar-refractivity contribution is 5.86. The van der Waals surface area contributed by atoms with Gasteiger partial charge in [-0.25, -0.2) is 9.59 Å². The van der Waals surface area contributed by atoms with Gasteiger partial charge in [-0.1, -0.05) is 18.6 Å². The quantitative estimate of drug-likeness (QED) is 0.265. The Labute approximate surface area is 160 Å². The van der Waals surface area contributed by atoms with Gasteiger partial charge < -0.3 is 19.3 Å². The van der Waals surface area contributed by atoms with E-state index in [1.165, 1.54) is 24.8 Å². The summed E-state index contributed by atoms with van der Waals surface area (Å²) in [6.07, 6.45) is 6.46. The lowest BCUT2D eigenvalue weighted by atomic mass is 10.0. The van der Waals surface area contributed by atoms with Crippen molar-refractivity contribution in [2.45, 2.75) is 40.0 Å². The van der Waals surface area contributed by atoms with Crippen molar-refractivity contribution in [1.82, 2.24) is 0 Å². The summed E-state index contributed by atoms with van der Waals surface area (Å²) in [5, 5.41) is 8.76. The number of aliphatic carboxylic acids is 1. The molecule has 0 saturated heterocycles. The van der Waals surface area contributed by atoms with E-state index in [-0.39, 0.29) is 12.4 Å². The van der Waals surface area contributed by atoms with Gasteiger partial charge in [0.2, 0.25) is 0 Å². The van der Waals surface area contributed by atoms with Crippen LogP contribution in [-0.4, -0.2) is 30.9 Å². The van der Waals surface area contributed by atoms with Crippen LogP contribution in [0.5, 0.6) is 11.5 Å². The molecular weight excluding hydrogens is 348 g/mol. The Hall–Kier alpha value is -2.76. The topological polar surface area (TPSA) is 82.1 Å². The first-order chi connectivity index (χ1) is 12.8. The summed E-state index contributed by atoms with van der Waals surface area (Å²) in [6.45, 7) is 6.52. The maximum Gasteiger partial charge on any atom is 0.513 e. The minimum Gasteiger partial charge on any atom is -0.497 e. The summed E-state index contributed by atoms with van der Waals surface area (Å²) >= 11 is 0. The van der Waals surface area contributed by atoms with Crippen molar-refractivity contribution in [3.63, 3.8) is 0 Å². The molecule has 1 atom stereocenters. The first kappa shape index (κ1) is 22.3. The predicted molar refractivity (Wildman–Crippen MR) is 104 cm³/mol. The number of ether oxygens (including phenoxy) is 3. The van der Waals surface area contributed by atoms with Crippen molar-refractivity contribution in [3.8, 4) is 11.5 Å². The number of benzene rings is 1. The summed E-state index contributed by atoms with van der Waals surface area (Å²) in [4.78, 5) is 22.7. The van der Waals surface area contributed by atoms with Gasteiger partial charge in [0.1, 0.15) is 11.5 Å². The zero-order valence-electron chi connectivity index (χ0n) is 16.4. The maximum atomic E-state index is 12.0. The second-order valence-corrected chi connectivity index (χ2v) is 6.53. The fourth-order valence-corrected chi connectivity index (χ4v) is 2.29. The summed E-state index contributed by atoms with van der Waals surface area (Å²) in [5.74, 6) is -0.00708. The van der Waals surface area contributed by atoms with Crippen molar-refractivity contribution in [2.75, 3.05) is 13.7 Å². The Morgan fingerprint density at radius 1 is 1.22 bits per heavy atom. The second kappa shape index (κ2) is 11.8. The molecule has 27 heavy (non-hydrogen) atoms. The lowest BCUT2D eigenvalue weighted by molar-refractivity contribution is -0.131. The molecule has 0 spiro atoms. The number of carboxylic acid groups (broad SMARTS) is 1. The predicted octanol–water partition coefficient (Wildman–Crippen LogP) is 5.08. The van der Waals surface area contributed by atoms with E-state index in [1.807, 2.05) is 0 Å².